The first-order valence-corrected chi connectivity index (χ1v) is 6.51. The third-order valence-electron chi connectivity index (χ3n) is 4.96. The number of aryl methyl sites for hydroxylation is 1. The lowest BCUT2D eigenvalue weighted by Gasteiger charge is -2.37. The second-order valence-electron chi connectivity index (χ2n) is 6.06. The van der Waals surface area contributed by atoms with Crippen molar-refractivity contribution >= 4 is 5.78 Å². The molecule has 0 spiro atoms. The normalized spacial score (nSPS) is 26.4. The molecular formula is C16H22O2. The number of ether oxygens (including phenoxy) is 1. The van der Waals surface area contributed by atoms with Gasteiger partial charge in [0.1, 0.15) is 11.5 Å². The van der Waals surface area contributed by atoms with Crippen molar-refractivity contribution in [3.8, 4) is 5.75 Å². The Hall–Kier alpha value is -1.31. The number of Topliss-reactive ketones (excluding diaryl/α,β-unsaturated/α-hetero) is 1. The standard InChI is InChI=1S/C16H22O2/c1-11-10-12(6-7-13(11)18-5)16(4)9-8-14(17)15(16,2)3/h6-7,10H,8-9H2,1-5H3. The van der Waals surface area contributed by atoms with E-state index in [-0.39, 0.29) is 10.8 Å². The Kier molecular flexibility index (Phi) is 3.00. The Morgan fingerprint density at radius 1 is 1.22 bits per heavy atom. The SMILES string of the molecule is COc1ccc(C2(C)CCC(=O)C2(C)C)cc1C. The Labute approximate surface area is 109 Å². The smallest absolute Gasteiger partial charge is 0.139 e. The Balaban J connectivity index is 2.49. The van der Waals surface area contributed by atoms with Gasteiger partial charge in [0.05, 0.1) is 7.11 Å². The van der Waals surface area contributed by atoms with E-state index in [1.165, 1.54) is 5.56 Å². The number of methoxy groups -OCH3 is 1. The van der Waals surface area contributed by atoms with Gasteiger partial charge in [-0.1, -0.05) is 32.9 Å². The second-order valence-corrected chi connectivity index (χ2v) is 6.06. The van der Waals surface area contributed by atoms with Gasteiger partial charge in [0.15, 0.2) is 0 Å². The van der Waals surface area contributed by atoms with Gasteiger partial charge in [-0.15, -0.1) is 0 Å². The third-order valence-corrected chi connectivity index (χ3v) is 4.96. The summed E-state index contributed by atoms with van der Waals surface area (Å²) in [5.41, 5.74) is 2.03. The summed E-state index contributed by atoms with van der Waals surface area (Å²) in [6.07, 6.45) is 1.62. The molecule has 1 unspecified atom stereocenters. The average Bonchev–Trinajstić information content (AvgIpc) is 2.54. The predicted octanol–water partition coefficient (Wildman–Crippen LogP) is 3.65. The highest BCUT2D eigenvalue weighted by Gasteiger charge is 2.51. The maximum absolute atomic E-state index is 12.1. The summed E-state index contributed by atoms with van der Waals surface area (Å²) in [6.45, 7) is 8.40. The van der Waals surface area contributed by atoms with Crippen molar-refractivity contribution < 1.29 is 9.53 Å². The van der Waals surface area contributed by atoms with Crippen LogP contribution in [0, 0.1) is 12.3 Å². The summed E-state index contributed by atoms with van der Waals surface area (Å²) in [6, 6.07) is 6.28. The van der Waals surface area contributed by atoms with Crippen LogP contribution in [0.25, 0.3) is 0 Å². The van der Waals surface area contributed by atoms with Crippen LogP contribution in [0.1, 0.15) is 44.7 Å². The van der Waals surface area contributed by atoms with E-state index in [9.17, 15) is 4.79 Å². The predicted molar refractivity (Wildman–Crippen MR) is 73.1 cm³/mol. The van der Waals surface area contributed by atoms with E-state index in [1.807, 2.05) is 6.07 Å². The largest absolute Gasteiger partial charge is 0.496 e. The van der Waals surface area contributed by atoms with Crippen molar-refractivity contribution in [1.82, 2.24) is 0 Å². The van der Waals surface area contributed by atoms with Crippen LogP contribution in [-0.4, -0.2) is 12.9 Å². The van der Waals surface area contributed by atoms with Gasteiger partial charge in [-0.05, 0) is 30.5 Å². The van der Waals surface area contributed by atoms with Crippen molar-refractivity contribution in [3.63, 3.8) is 0 Å². The Bertz CT molecular complexity index is 488. The molecule has 1 aliphatic rings. The van der Waals surface area contributed by atoms with Crippen LogP contribution in [-0.2, 0) is 10.2 Å². The lowest BCUT2D eigenvalue weighted by molar-refractivity contribution is -0.125. The van der Waals surface area contributed by atoms with Gasteiger partial charge in [0, 0.05) is 17.3 Å². The number of hydrogen-bond donors (Lipinski definition) is 0. The highest BCUT2D eigenvalue weighted by molar-refractivity contribution is 5.88. The maximum atomic E-state index is 12.1. The average molecular weight is 246 g/mol. The van der Waals surface area contributed by atoms with Gasteiger partial charge in [0.25, 0.3) is 0 Å². The molecule has 0 amide bonds. The number of carbonyl (C=O) groups excluding carboxylic acids is 1. The fourth-order valence-corrected chi connectivity index (χ4v) is 3.02. The highest BCUT2D eigenvalue weighted by Crippen LogP contribution is 2.52. The summed E-state index contributed by atoms with van der Waals surface area (Å²) in [7, 11) is 1.69. The van der Waals surface area contributed by atoms with Gasteiger partial charge >= 0.3 is 0 Å². The van der Waals surface area contributed by atoms with E-state index in [0.29, 0.717) is 12.2 Å². The molecule has 0 bridgehead atoms. The lowest BCUT2D eigenvalue weighted by atomic mass is 9.65. The monoisotopic (exact) mass is 246 g/mol. The quantitative estimate of drug-likeness (QED) is 0.796. The molecule has 1 aromatic carbocycles. The van der Waals surface area contributed by atoms with Crippen LogP contribution in [0.2, 0.25) is 0 Å². The van der Waals surface area contributed by atoms with Crippen LogP contribution in [0.15, 0.2) is 18.2 Å². The molecule has 0 aliphatic heterocycles. The van der Waals surface area contributed by atoms with Crippen LogP contribution in [0.3, 0.4) is 0 Å². The second kappa shape index (κ2) is 4.11. The van der Waals surface area contributed by atoms with Crippen LogP contribution in [0.5, 0.6) is 5.75 Å². The zero-order valence-electron chi connectivity index (χ0n) is 12.0. The summed E-state index contributed by atoms with van der Waals surface area (Å²) >= 11 is 0. The molecule has 1 aromatic rings. The molecule has 0 radical (unpaired) electrons. The Morgan fingerprint density at radius 3 is 2.33 bits per heavy atom. The van der Waals surface area contributed by atoms with Gasteiger partial charge in [0.2, 0.25) is 0 Å². The summed E-state index contributed by atoms with van der Waals surface area (Å²) in [5, 5.41) is 0. The molecule has 2 rings (SSSR count). The van der Waals surface area contributed by atoms with E-state index in [2.05, 4.69) is 39.8 Å². The minimum absolute atomic E-state index is 0.0683. The molecule has 0 aromatic heterocycles. The fourth-order valence-electron chi connectivity index (χ4n) is 3.02. The van der Waals surface area contributed by atoms with Crippen molar-refractivity contribution in [2.24, 2.45) is 5.41 Å². The first-order chi connectivity index (χ1) is 8.33. The topological polar surface area (TPSA) is 26.3 Å². The number of ketones is 1. The summed E-state index contributed by atoms with van der Waals surface area (Å²) < 4.78 is 5.30. The number of benzene rings is 1. The van der Waals surface area contributed by atoms with E-state index < -0.39 is 0 Å². The zero-order chi connectivity index (χ0) is 13.6. The lowest BCUT2D eigenvalue weighted by Crippen LogP contribution is -2.38. The molecule has 2 heteroatoms. The molecule has 18 heavy (non-hydrogen) atoms. The van der Waals surface area contributed by atoms with Crippen molar-refractivity contribution in [3.05, 3.63) is 29.3 Å². The van der Waals surface area contributed by atoms with Gasteiger partial charge < -0.3 is 4.74 Å². The number of rotatable bonds is 2. The summed E-state index contributed by atoms with van der Waals surface area (Å²) in [4.78, 5) is 12.1. The van der Waals surface area contributed by atoms with Crippen LogP contribution < -0.4 is 4.74 Å². The van der Waals surface area contributed by atoms with Crippen LogP contribution >= 0.6 is 0 Å². The molecule has 1 saturated carbocycles. The molecule has 2 nitrogen and oxygen atoms in total. The van der Waals surface area contributed by atoms with Crippen LogP contribution in [0.4, 0.5) is 0 Å². The van der Waals surface area contributed by atoms with Gasteiger partial charge in [-0.2, -0.15) is 0 Å². The fraction of sp³-hybridized carbons (Fsp3) is 0.562. The van der Waals surface area contributed by atoms with E-state index in [0.717, 1.165) is 17.7 Å². The molecule has 98 valence electrons. The highest BCUT2D eigenvalue weighted by atomic mass is 16.5. The van der Waals surface area contributed by atoms with Gasteiger partial charge in [-0.3, -0.25) is 4.79 Å². The van der Waals surface area contributed by atoms with E-state index in [4.69, 9.17) is 4.74 Å². The molecule has 1 atom stereocenters. The summed E-state index contributed by atoms with van der Waals surface area (Å²) in [5.74, 6) is 1.28. The molecule has 1 aliphatic carbocycles. The van der Waals surface area contributed by atoms with Crippen molar-refractivity contribution in [1.29, 1.82) is 0 Å². The minimum atomic E-state index is -0.284. The third kappa shape index (κ3) is 1.66. The van der Waals surface area contributed by atoms with E-state index >= 15 is 0 Å². The number of hydrogen-bond acceptors (Lipinski definition) is 2. The van der Waals surface area contributed by atoms with Crippen molar-refractivity contribution in [2.75, 3.05) is 7.11 Å². The van der Waals surface area contributed by atoms with Crippen molar-refractivity contribution in [2.45, 2.75) is 46.0 Å². The number of carbonyl (C=O) groups is 1. The first kappa shape index (κ1) is 13.1. The minimum Gasteiger partial charge on any atom is -0.496 e. The van der Waals surface area contributed by atoms with E-state index in [1.54, 1.807) is 7.11 Å². The molecule has 0 N–H and O–H groups in total. The molecule has 0 saturated heterocycles. The molecular weight excluding hydrogens is 224 g/mol. The zero-order valence-corrected chi connectivity index (χ0v) is 12.0. The first-order valence-electron chi connectivity index (χ1n) is 6.51. The molecule has 0 heterocycles. The molecule has 1 fully saturated rings. The maximum Gasteiger partial charge on any atom is 0.139 e. The van der Waals surface area contributed by atoms with Gasteiger partial charge in [-0.25, -0.2) is 0 Å². The Morgan fingerprint density at radius 2 is 1.89 bits per heavy atom.